The summed E-state index contributed by atoms with van der Waals surface area (Å²) < 4.78 is 0. The van der Waals surface area contributed by atoms with Crippen LogP contribution in [0.4, 0.5) is 0 Å². The van der Waals surface area contributed by atoms with Gasteiger partial charge in [0.25, 0.3) is 5.91 Å². The molecule has 0 unspecified atom stereocenters. The molecule has 33 heavy (non-hydrogen) atoms. The lowest BCUT2D eigenvalue weighted by Crippen LogP contribution is -2.43. The number of likely N-dealkylation sites (tertiary alicyclic amines) is 1. The van der Waals surface area contributed by atoms with Gasteiger partial charge in [-0.2, -0.15) is 0 Å². The minimum absolute atomic E-state index is 0.0381. The molecule has 2 amide bonds. The summed E-state index contributed by atoms with van der Waals surface area (Å²) in [6.45, 7) is 8.04. The van der Waals surface area contributed by atoms with E-state index in [1.807, 2.05) is 24.8 Å². The third-order valence-corrected chi connectivity index (χ3v) is 8.62. The monoisotopic (exact) mass is 481 g/mol. The normalized spacial score (nSPS) is 15.4. The maximum atomic E-state index is 13.2. The van der Waals surface area contributed by atoms with Crippen LogP contribution in [0.3, 0.4) is 0 Å². The molecule has 1 saturated heterocycles. The molecular weight excluding hydrogens is 450 g/mol. The third kappa shape index (κ3) is 5.71. The SMILES string of the molecule is Cc1ccc(-c2nc(C)c(C(=O)N3CCC([C@@H](C)C(=O)NCCc4cccs4)CC3)s2)cc1. The van der Waals surface area contributed by atoms with Gasteiger partial charge >= 0.3 is 0 Å². The van der Waals surface area contributed by atoms with Crippen molar-refractivity contribution in [2.24, 2.45) is 11.8 Å². The Balaban J connectivity index is 1.29. The number of aryl methyl sites for hydroxylation is 2. The van der Waals surface area contributed by atoms with Crippen molar-refractivity contribution in [3.05, 3.63) is 62.8 Å². The third-order valence-electron chi connectivity index (χ3n) is 6.49. The topological polar surface area (TPSA) is 62.3 Å². The van der Waals surface area contributed by atoms with Gasteiger partial charge < -0.3 is 10.2 Å². The number of rotatable bonds is 7. The number of hydrogen-bond donors (Lipinski definition) is 1. The van der Waals surface area contributed by atoms with Crippen LogP contribution >= 0.6 is 22.7 Å². The minimum Gasteiger partial charge on any atom is -0.356 e. The standard InChI is InChI=1S/C26H31N3O2S2/c1-17-6-8-21(9-7-17)25-28-19(3)23(33-25)26(31)29-14-11-20(12-15-29)18(2)24(30)27-13-10-22-5-4-16-32-22/h4-9,16,18,20H,10-15H2,1-3H3,(H,27,30)/t18-/m1/s1. The second-order valence-corrected chi connectivity index (χ2v) is 10.9. The molecule has 4 rings (SSSR count). The first-order valence-electron chi connectivity index (χ1n) is 11.6. The molecule has 1 aliphatic heterocycles. The first kappa shape index (κ1) is 23.6. The highest BCUT2D eigenvalue weighted by atomic mass is 32.1. The summed E-state index contributed by atoms with van der Waals surface area (Å²) in [6.07, 6.45) is 2.59. The zero-order valence-electron chi connectivity index (χ0n) is 19.5. The van der Waals surface area contributed by atoms with E-state index in [2.05, 4.69) is 52.9 Å². The number of nitrogens with one attached hydrogen (secondary N) is 1. The number of hydrogen-bond acceptors (Lipinski definition) is 5. The quantitative estimate of drug-likeness (QED) is 0.496. The van der Waals surface area contributed by atoms with Crippen molar-refractivity contribution in [1.29, 1.82) is 0 Å². The van der Waals surface area contributed by atoms with E-state index in [-0.39, 0.29) is 17.7 Å². The van der Waals surface area contributed by atoms with Crippen LogP contribution < -0.4 is 5.32 Å². The van der Waals surface area contributed by atoms with Crippen molar-refractivity contribution < 1.29 is 9.59 Å². The Morgan fingerprint density at radius 2 is 1.88 bits per heavy atom. The summed E-state index contributed by atoms with van der Waals surface area (Å²) in [7, 11) is 0. The first-order chi connectivity index (χ1) is 15.9. The number of benzene rings is 1. The number of piperidine rings is 1. The van der Waals surface area contributed by atoms with E-state index in [9.17, 15) is 9.59 Å². The molecule has 3 aromatic rings. The second-order valence-electron chi connectivity index (χ2n) is 8.84. The largest absolute Gasteiger partial charge is 0.356 e. The van der Waals surface area contributed by atoms with E-state index < -0.39 is 0 Å². The Bertz CT molecular complexity index is 1080. The van der Waals surface area contributed by atoms with Gasteiger partial charge in [0.05, 0.1) is 5.69 Å². The van der Waals surface area contributed by atoms with Gasteiger partial charge in [0.1, 0.15) is 9.88 Å². The van der Waals surface area contributed by atoms with Crippen molar-refractivity contribution in [2.45, 2.75) is 40.0 Å². The second kappa shape index (κ2) is 10.6. The van der Waals surface area contributed by atoms with Gasteiger partial charge in [0, 0.05) is 36.0 Å². The van der Waals surface area contributed by atoms with Gasteiger partial charge in [0.15, 0.2) is 0 Å². The molecule has 2 aromatic heterocycles. The molecule has 1 fully saturated rings. The smallest absolute Gasteiger partial charge is 0.265 e. The van der Waals surface area contributed by atoms with E-state index in [1.54, 1.807) is 11.3 Å². The predicted octanol–water partition coefficient (Wildman–Crippen LogP) is 5.34. The van der Waals surface area contributed by atoms with Gasteiger partial charge in [-0.3, -0.25) is 9.59 Å². The Kier molecular flexibility index (Phi) is 7.60. The number of aromatic nitrogens is 1. The minimum atomic E-state index is -0.0381. The van der Waals surface area contributed by atoms with Crippen LogP contribution in [-0.2, 0) is 11.2 Å². The lowest BCUT2D eigenvalue weighted by molar-refractivity contribution is -0.126. The molecule has 0 saturated carbocycles. The van der Waals surface area contributed by atoms with E-state index in [4.69, 9.17) is 0 Å². The van der Waals surface area contributed by atoms with Crippen LogP contribution in [0.15, 0.2) is 41.8 Å². The van der Waals surface area contributed by atoms with Gasteiger partial charge in [-0.1, -0.05) is 42.8 Å². The summed E-state index contributed by atoms with van der Waals surface area (Å²) in [4.78, 5) is 34.4. The number of thiophene rings is 1. The molecule has 1 aromatic carbocycles. The van der Waals surface area contributed by atoms with E-state index in [0.29, 0.717) is 25.6 Å². The zero-order chi connectivity index (χ0) is 23.4. The Morgan fingerprint density at radius 1 is 1.15 bits per heavy atom. The molecule has 0 radical (unpaired) electrons. The average molecular weight is 482 g/mol. The van der Waals surface area contributed by atoms with Gasteiger partial charge in [-0.15, -0.1) is 22.7 Å². The molecule has 7 heteroatoms. The fourth-order valence-electron chi connectivity index (χ4n) is 4.30. The molecule has 0 aliphatic carbocycles. The molecule has 0 bridgehead atoms. The fraction of sp³-hybridized carbons (Fsp3) is 0.423. The van der Waals surface area contributed by atoms with Crippen molar-refractivity contribution >= 4 is 34.5 Å². The molecule has 1 aliphatic rings. The molecule has 1 N–H and O–H groups in total. The summed E-state index contributed by atoms with van der Waals surface area (Å²) >= 11 is 3.20. The lowest BCUT2D eigenvalue weighted by Gasteiger charge is -2.34. The Hall–Kier alpha value is -2.51. The van der Waals surface area contributed by atoms with Crippen LogP contribution in [0.5, 0.6) is 0 Å². The van der Waals surface area contributed by atoms with Crippen LogP contribution in [-0.4, -0.2) is 41.3 Å². The average Bonchev–Trinajstić information content (AvgIpc) is 3.48. The summed E-state index contributed by atoms with van der Waals surface area (Å²) in [5.74, 6) is 0.456. The molecule has 1 atom stereocenters. The molecule has 3 heterocycles. The van der Waals surface area contributed by atoms with Crippen molar-refractivity contribution in [1.82, 2.24) is 15.2 Å². The molecule has 0 spiro atoms. The zero-order valence-corrected chi connectivity index (χ0v) is 21.1. The van der Waals surface area contributed by atoms with Crippen molar-refractivity contribution in [3.8, 4) is 10.6 Å². The van der Waals surface area contributed by atoms with Crippen molar-refractivity contribution in [3.63, 3.8) is 0 Å². The molecule has 5 nitrogen and oxygen atoms in total. The van der Waals surface area contributed by atoms with Crippen LogP contribution in [0.1, 0.15) is 45.6 Å². The highest BCUT2D eigenvalue weighted by Crippen LogP contribution is 2.31. The van der Waals surface area contributed by atoms with Crippen LogP contribution in [0.25, 0.3) is 10.6 Å². The Morgan fingerprint density at radius 3 is 2.55 bits per heavy atom. The maximum absolute atomic E-state index is 13.2. The predicted molar refractivity (Wildman–Crippen MR) is 136 cm³/mol. The number of carbonyl (C=O) groups excluding carboxylic acids is 2. The summed E-state index contributed by atoms with van der Waals surface area (Å²) in [6, 6.07) is 12.4. The summed E-state index contributed by atoms with van der Waals surface area (Å²) in [5.41, 5.74) is 3.04. The molecule has 174 valence electrons. The van der Waals surface area contributed by atoms with Gasteiger partial charge in [0.2, 0.25) is 5.91 Å². The molecular formula is C26H31N3O2S2. The lowest BCUT2D eigenvalue weighted by atomic mass is 9.84. The van der Waals surface area contributed by atoms with Crippen LogP contribution in [0.2, 0.25) is 0 Å². The number of thiazole rings is 1. The van der Waals surface area contributed by atoms with Gasteiger partial charge in [-0.25, -0.2) is 4.98 Å². The Labute approximate surface area is 203 Å². The van der Waals surface area contributed by atoms with Crippen molar-refractivity contribution in [2.75, 3.05) is 19.6 Å². The van der Waals surface area contributed by atoms with E-state index in [1.165, 1.54) is 21.8 Å². The van der Waals surface area contributed by atoms with Crippen LogP contribution in [0, 0.1) is 25.7 Å². The fourth-order valence-corrected chi connectivity index (χ4v) is 6.05. The number of amides is 2. The van der Waals surface area contributed by atoms with E-state index in [0.717, 1.165) is 40.4 Å². The van der Waals surface area contributed by atoms with E-state index >= 15 is 0 Å². The highest BCUT2D eigenvalue weighted by Gasteiger charge is 2.31. The summed E-state index contributed by atoms with van der Waals surface area (Å²) in [5, 5.41) is 6.04. The highest BCUT2D eigenvalue weighted by molar-refractivity contribution is 7.17. The first-order valence-corrected chi connectivity index (χ1v) is 13.3. The van der Waals surface area contributed by atoms with Gasteiger partial charge in [-0.05, 0) is 50.5 Å². The number of nitrogens with zero attached hydrogens (tertiary/aromatic N) is 2. The number of carbonyl (C=O) groups is 2. The maximum Gasteiger partial charge on any atom is 0.265 e.